The van der Waals surface area contributed by atoms with Crippen molar-refractivity contribution >= 4 is 51.1 Å². The van der Waals surface area contributed by atoms with Crippen molar-refractivity contribution in [2.24, 2.45) is 24.8 Å². The Labute approximate surface area is 385 Å². The number of aromatic nitrogens is 6. The van der Waals surface area contributed by atoms with Gasteiger partial charge in [-0.1, -0.05) is 56.0 Å². The number of hydroxylamine groups is 1. The van der Waals surface area contributed by atoms with Crippen molar-refractivity contribution in [3.05, 3.63) is 183 Å². The Morgan fingerprint density at radius 3 is 1.73 bits per heavy atom. The van der Waals surface area contributed by atoms with Crippen LogP contribution >= 0.6 is 0 Å². The van der Waals surface area contributed by atoms with Crippen LogP contribution in [-0.2, 0) is 14.1 Å². The molecule has 0 spiro atoms. The first-order chi connectivity index (χ1) is 31.7. The van der Waals surface area contributed by atoms with Gasteiger partial charge in [-0.25, -0.2) is 15.3 Å². The number of benzene rings is 4. The largest absolute Gasteiger partial charge is 0.478 e. The lowest BCUT2D eigenvalue weighted by atomic mass is 9.99. The Morgan fingerprint density at radius 1 is 0.687 bits per heavy atom. The third kappa shape index (κ3) is 11.0. The van der Waals surface area contributed by atoms with E-state index in [0.29, 0.717) is 34.2 Å². The Kier molecular flexibility index (Phi) is 14.8. The van der Waals surface area contributed by atoms with Gasteiger partial charge in [-0.3, -0.25) is 24.8 Å². The van der Waals surface area contributed by atoms with E-state index < -0.39 is 5.97 Å². The van der Waals surface area contributed by atoms with Crippen LogP contribution in [0.4, 0.5) is 17.3 Å². The second kappa shape index (κ2) is 20.8. The highest BCUT2D eigenvalue weighted by Gasteiger charge is 2.15. The Balaban J connectivity index is 0.000000188. The molecule has 0 unspecified atom stereocenters. The number of aliphatic imine (C=N–C) groups is 1. The molecule has 0 bridgehead atoms. The van der Waals surface area contributed by atoms with Gasteiger partial charge in [0.2, 0.25) is 5.96 Å². The molecular formula is C51H50N10O6. The van der Waals surface area contributed by atoms with Gasteiger partial charge in [0.1, 0.15) is 0 Å². The number of hydrogen-bond acceptors (Lipinski definition) is 11. The zero-order chi connectivity index (χ0) is 47.1. The normalized spacial score (nSPS) is 10.9. The summed E-state index contributed by atoms with van der Waals surface area (Å²) in [4.78, 5) is 53.4. The molecule has 0 amide bonds. The molecule has 0 fully saturated rings. The molecule has 9 rings (SSSR count). The summed E-state index contributed by atoms with van der Waals surface area (Å²) in [6.07, 6.45) is 3.56. The van der Waals surface area contributed by atoms with Crippen molar-refractivity contribution in [2.45, 2.75) is 35.1 Å². The molecule has 0 saturated heterocycles. The Hall–Kier alpha value is -8.76. The third-order valence-corrected chi connectivity index (χ3v) is 10.6. The van der Waals surface area contributed by atoms with Gasteiger partial charge in [-0.2, -0.15) is 4.98 Å². The fourth-order valence-corrected chi connectivity index (χ4v) is 7.12. The molecule has 0 aliphatic rings. The molecule has 16 heteroatoms. The van der Waals surface area contributed by atoms with Crippen LogP contribution in [0, 0.1) is 27.7 Å². The van der Waals surface area contributed by atoms with E-state index in [1.165, 1.54) is 0 Å². The fraction of sp³-hybridized carbons (Fsp3) is 0.137. The van der Waals surface area contributed by atoms with Crippen LogP contribution in [0.15, 0.2) is 153 Å². The lowest BCUT2D eigenvalue weighted by Gasteiger charge is -2.12. The number of hydrogen-bond donors (Lipinski definition) is 5. The van der Waals surface area contributed by atoms with Gasteiger partial charge in [-0.05, 0) is 128 Å². The molecule has 16 nitrogen and oxygen atoms in total. The molecule has 0 radical (unpaired) electrons. The summed E-state index contributed by atoms with van der Waals surface area (Å²) in [5, 5.41) is 26.2. The standard InChI is InChI=1S/C25H21N5O2.C18H19N5O2.C7H6O2.CH4/c1-15-9-10-19(27-25-28-23(32-29-25)17-7-5-4-6-8-17)13-20(15)21-12-18-14-26-16(2)11-22(18)30(3)24(21)31;1-10-4-5-13(21-18(19)22-25)8-14(10)15-7-12-9-20-11(2)6-16(12)23(3)17(15)24;8-7(9)6-4-2-1-3-5-6;/h4-14H,1-3H3,(H,27,29);4-9,25H,1-3H3,(H3,19,21,22);1-5H,(H,8,9);1H4. The highest BCUT2D eigenvalue weighted by atomic mass is 16.5. The maximum atomic E-state index is 13.2. The molecule has 4 aromatic carbocycles. The van der Waals surface area contributed by atoms with Gasteiger partial charge in [0.25, 0.3) is 23.0 Å². The van der Waals surface area contributed by atoms with Crippen LogP contribution in [0.3, 0.4) is 0 Å². The number of nitrogens with two attached hydrogens (primary N) is 1. The smallest absolute Gasteiger partial charge is 0.335 e. The maximum Gasteiger partial charge on any atom is 0.335 e. The van der Waals surface area contributed by atoms with Gasteiger partial charge in [-0.15, -0.1) is 0 Å². The van der Waals surface area contributed by atoms with E-state index in [0.717, 1.165) is 66.7 Å². The number of pyridine rings is 4. The van der Waals surface area contributed by atoms with E-state index in [-0.39, 0.29) is 24.5 Å². The summed E-state index contributed by atoms with van der Waals surface area (Å²) < 4.78 is 8.66. The number of anilines is 2. The first-order valence-corrected chi connectivity index (χ1v) is 20.5. The second-order valence-electron chi connectivity index (χ2n) is 15.3. The monoisotopic (exact) mass is 898 g/mol. The van der Waals surface area contributed by atoms with Crippen molar-refractivity contribution in [1.82, 2.24) is 34.7 Å². The predicted molar refractivity (Wildman–Crippen MR) is 263 cm³/mol. The molecule has 6 N–H and O–H groups in total. The van der Waals surface area contributed by atoms with Crippen molar-refractivity contribution in [3.8, 4) is 33.7 Å². The summed E-state index contributed by atoms with van der Waals surface area (Å²) in [5.41, 5.74) is 17.7. The molecule has 5 heterocycles. The van der Waals surface area contributed by atoms with E-state index in [4.69, 9.17) is 20.6 Å². The molecule has 67 heavy (non-hydrogen) atoms. The summed E-state index contributed by atoms with van der Waals surface area (Å²) in [5.74, 6) is -0.215. The van der Waals surface area contributed by atoms with Crippen molar-refractivity contribution in [2.75, 3.05) is 5.32 Å². The number of carbonyl (C=O) groups is 1. The molecule has 0 saturated carbocycles. The third-order valence-electron chi connectivity index (χ3n) is 10.6. The summed E-state index contributed by atoms with van der Waals surface area (Å²) in [6.45, 7) is 7.72. The minimum absolute atomic E-state index is 0. The zero-order valence-electron chi connectivity index (χ0n) is 36.9. The van der Waals surface area contributed by atoms with Crippen LogP contribution in [0.2, 0.25) is 0 Å². The van der Waals surface area contributed by atoms with Crippen LogP contribution in [-0.4, -0.2) is 51.5 Å². The van der Waals surface area contributed by atoms with Crippen LogP contribution in [0.25, 0.3) is 55.5 Å². The molecule has 5 aromatic heterocycles. The lowest BCUT2D eigenvalue weighted by molar-refractivity contribution is 0.0697. The molecular weight excluding hydrogens is 849 g/mol. The average molecular weight is 899 g/mol. The number of nitrogens with one attached hydrogen (secondary N) is 2. The second-order valence-corrected chi connectivity index (χ2v) is 15.3. The number of fused-ring (bicyclic) bond motifs is 2. The predicted octanol–water partition coefficient (Wildman–Crippen LogP) is 9.17. The van der Waals surface area contributed by atoms with Gasteiger partial charge in [0.05, 0.1) is 22.3 Å². The molecule has 9 aromatic rings. The number of aromatic carboxylic acids is 1. The van der Waals surface area contributed by atoms with E-state index in [1.54, 1.807) is 83.6 Å². The van der Waals surface area contributed by atoms with Crippen LogP contribution < -0.4 is 27.6 Å². The topological polar surface area (TPSA) is 229 Å². The fourth-order valence-electron chi connectivity index (χ4n) is 7.12. The van der Waals surface area contributed by atoms with Crippen molar-refractivity contribution in [1.29, 1.82) is 0 Å². The van der Waals surface area contributed by atoms with Gasteiger partial charge in [0.15, 0.2) is 0 Å². The van der Waals surface area contributed by atoms with E-state index >= 15 is 0 Å². The first-order valence-electron chi connectivity index (χ1n) is 20.5. The van der Waals surface area contributed by atoms with Gasteiger partial charge >= 0.3 is 5.97 Å². The molecule has 0 atom stereocenters. The van der Waals surface area contributed by atoms with E-state index in [1.807, 2.05) is 107 Å². The summed E-state index contributed by atoms with van der Waals surface area (Å²) in [6, 6.07) is 36.6. The first kappa shape index (κ1) is 47.7. The van der Waals surface area contributed by atoms with E-state index in [2.05, 4.69) is 30.4 Å². The minimum Gasteiger partial charge on any atom is -0.478 e. The Morgan fingerprint density at radius 2 is 1.21 bits per heavy atom. The van der Waals surface area contributed by atoms with Gasteiger partial charge in [0, 0.05) is 71.0 Å². The highest BCUT2D eigenvalue weighted by Crippen LogP contribution is 2.30. The zero-order valence-corrected chi connectivity index (χ0v) is 36.9. The SMILES string of the molecule is C.Cc1cc2c(cn1)cc(-c1cc(N=C(N)NO)ccc1C)c(=O)n2C.Cc1cc2c(cn1)cc(-c1cc(Nc3noc(-c4ccccc4)n3)ccc1C)c(=O)n2C.O=C(O)c1ccccc1. The number of rotatable bonds is 7. The molecule has 0 aliphatic carbocycles. The summed E-state index contributed by atoms with van der Waals surface area (Å²) >= 11 is 0. The van der Waals surface area contributed by atoms with Crippen LogP contribution in [0.5, 0.6) is 0 Å². The van der Waals surface area contributed by atoms with Gasteiger partial charge < -0.3 is 29.8 Å². The lowest BCUT2D eigenvalue weighted by Crippen LogP contribution is -2.27. The molecule has 340 valence electrons. The number of nitrogens with zero attached hydrogens (tertiary/aromatic N) is 7. The number of carboxylic acid groups (broad SMARTS) is 1. The quantitative estimate of drug-likeness (QED) is 0.0572. The van der Waals surface area contributed by atoms with E-state index in [9.17, 15) is 14.4 Å². The maximum absolute atomic E-state index is 13.2. The minimum atomic E-state index is -0.879. The van der Waals surface area contributed by atoms with Crippen molar-refractivity contribution < 1.29 is 19.6 Å². The number of carboxylic acids is 1. The number of guanidine groups is 1. The average Bonchev–Trinajstić information content (AvgIpc) is 3.80. The highest BCUT2D eigenvalue weighted by molar-refractivity contribution is 5.88. The number of aryl methyl sites for hydroxylation is 6. The molecule has 0 aliphatic heterocycles. The Bertz CT molecular complexity index is 3380. The summed E-state index contributed by atoms with van der Waals surface area (Å²) in [7, 11) is 3.54. The van der Waals surface area contributed by atoms with Crippen LogP contribution in [0.1, 0.15) is 40.3 Å². The van der Waals surface area contributed by atoms with Crippen molar-refractivity contribution in [3.63, 3.8) is 0 Å².